The summed E-state index contributed by atoms with van der Waals surface area (Å²) in [6.45, 7) is 4.87. The van der Waals surface area contributed by atoms with E-state index in [0.29, 0.717) is 16.8 Å². The van der Waals surface area contributed by atoms with Gasteiger partial charge >= 0.3 is 5.97 Å². The summed E-state index contributed by atoms with van der Waals surface area (Å²) in [5.74, 6) is -1.61. The summed E-state index contributed by atoms with van der Waals surface area (Å²) in [7, 11) is -1.77. The van der Waals surface area contributed by atoms with Crippen molar-refractivity contribution >= 4 is 21.7 Å². The van der Waals surface area contributed by atoms with Crippen molar-refractivity contribution in [1.82, 2.24) is 0 Å². The molecule has 2 rings (SSSR count). The van der Waals surface area contributed by atoms with Crippen LogP contribution in [0.25, 0.3) is 0 Å². The van der Waals surface area contributed by atoms with E-state index in [4.69, 9.17) is 4.74 Å². The minimum Gasteiger partial charge on any atom is -0.494 e. The van der Waals surface area contributed by atoms with Gasteiger partial charge in [-0.1, -0.05) is 17.7 Å². The van der Waals surface area contributed by atoms with Crippen LogP contribution in [-0.2, 0) is 19.6 Å². The summed E-state index contributed by atoms with van der Waals surface area (Å²) < 4.78 is 51.0. The average Bonchev–Trinajstić information content (AvgIpc) is 2.59. The molecule has 0 unspecified atom stereocenters. The number of carbonyl (C=O) groups excluding carboxylic acids is 1. The maximum absolute atomic E-state index is 14.1. The van der Waals surface area contributed by atoms with E-state index in [-0.39, 0.29) is 10.6 Å². The van der Waals surface area contributed by atoms with Crippen LogP contribution in [0.3, 0.4) is 0 Å². The molecule has 27 heavy (non-hydrogen) atoms. The van der Waals surface area contributed by atoms with Crippen LogP contribution < -0.4 is 9.04 Å². The first-order valence-electron chi connectivity index (χ1n) is 8.12. The molecule has 0 fully saturated rings. The van der Waals surface area contributed by atoms with Gasteiger partial charge in [-0.05, 0) is 50.1 Å². The van der Waals surface area contributed by atoms with E-state index in [1.807, 2.05) is 19.1 Å². The molecule has 0 spiro atoms. The monoisotopic (exact) mass is 395 g/mol. The average molecular weight is 395 g/mol. The van der Waals surface area contributed by atoms with Gasteiger partial charge in [0.1, 0.15) is 6.54 Å². The molecule has 0 aliphatic carbocycles. The van der Waals surface area contributed by atoms with Gasteiger partial charge in [-0.15, -0.1) is 0 Å². The molecule has 0 N–H and O–H groups in total. The second-order valence-corrected chi connectivity index (χ2v) is 7.99. The molecule has 2 aromatic rings. The number of hydrogen-bond acceptors (Lipinski definition) is 5. The fourth-order valence-electron chi connectivity index (χ4n) is 2.97. The Morgan fingerprint density at radius 2 is 1.67 bits per heavy atom. The highest BCUT2D eigenvalue weighted by molar-refractivity contribution is 7.92. The maximum atomic E-state index is 14.1. The van der Waals surface area contributed by atoms with E-state index >= 15 is 0 Å². The van der Waals surface area contributed by atoms with Crippen molar-refractivity contribution in [2.45, 2.75) is 25.7 Å². The topological polar surface area (TPSA) is 72.9 Å². The van der Waals surface area contributed by atoms with E-state index in [2.05, 4.69) is 4.74 Å². The zero-order valence-corrected chi connectivity index (χ0v) is 16.7. The van der Waals surface area contributed by atoms with Gasteiger partial charge in [-0.2, -0.15) is 0 Å². The van der Waals surface area contributed by atoms with Gasteiger partial charge < -0.3 is 9.47 Å². The van der Waals surface area contributed by atoms with Gasteiger partial charge in [0.25, 0.3) is 10.0 Å². The Morgan fingerprint density at radius 1 is 1.07 bits per heavy atom. The van der Waals surface area contributed by atoms with E-state index in [0.717, 1.165) is 15.9 Å². The third-order valence-electron chi connectivity index (χ3n) is 4.10. The molecule has 0 amide bonds. The molecule has 146 valence electrons. The second-order valence-electron chi connectivity index (χ2n) is 6.13. The van der Waals surface area contributed by atoms with Crippen molar-refractivity contribution in [3.63, 3.8) is 0 Å². The number of ether oxygens (including phenoxy) is 2. The lowest BCUT2D eigenvalue weighted by Gasteiger charge is -2.27. The lowest BCUT2D eigenvalue weighted by atomic mass is 10.1. The largest absolute Gasteiger partial charge is 0.494 e. The zero-order valence-electron chi connectivity index (χ0n) is 15.9. The predicted molar refractivity (Wildman–Crippen MR) is 100 cm³/mol. The number of anilines is 1. The zero-order chi connectivity index (χ0) is 20.4. The molecule has 0 heterocycles. The van der Waals surface area contributed by atoms with Crippen LogP contribution in [0, 0.1) is 26.6 Å². The van der Waals surface area contributed by atoms with E-state index in [9.17, 15) is 17.6 Å². The number of rotatable bonds is 6. The van der Waals surface area contributed by atoms with Crippen molar-refractivity contribution < 1.29 is 27.1 Å². The van der Waals surface area contributed by atoms with Gasteiger partial charge in [-0.3, -0.25) is 9.10 Å². The van der Waals surface area contributed by atoms with Gasteiger partial charge in [-0.25, -0.2) is 12.8 Å². The molecule has 8 heteroatoms. The van der Waals surface area contributed by atoms with Crippen molar-refractivity contribution in [2.75, 3.05) is 25.1 Å². The number of nitrogens with zero attached hydrogens (tertiary/aromatic N) is 1. The van der Waals surface area contributed by atoms with Crippen LogP contribution >= 0.6 is 0 Å². The molecular weight excluding hydrogens is 373 g/mol. The summed E-state index contributed by atoms with van der Waals surface area (Å²) in [6.07, 6.45) is 0. The Bertz CT molecular complexity index is 949. The Balaban J connectivity index is 2.67. The smallest absolute Gasteiger partial charge is 0.326 e. The van der Waals surface area contributed by atoms with Crippen LogP contribution in [0.4, 0.5) is 10.1 Å². The molecule has 0 bridgehead atoms. The van der Waals surface area contributed by atoms with Gasteiger partial charge in [0, 0.05) is 0 Å². The summed E-state index contributed by atoms with van der Waals surface area (Å²) in [5.41, 5.74) is 2.67. The lowest BCUT2D eigenvalue weighted by Crippen LogP contribution is -2.37. The third kappa shape index (κ3) is 4.21. The number of methoxy groups -OCH3 is 2. The van der Waals surface area contributed by atoms with Crippen molar-refractivity contribution in [3.05, 3.63) is 52.8 Å². The fraction of sp³-hybridized carbons (Fsp3) is 0.316. The van der Waals surface area contributed by atoms with E-state index < -0.39 is 28.4 Å². The normalized spacial score (nSPS) is 11.2. The summed E-state index contributed by atoms with van der Waals surface area (Å²) >= 11 is 0. The molecular formula is C19H22FNO5S. The fourth-order valence-corrected chi connectivity index (χ4v) is 4.52. The Kier molecular flexibility index (Phi) is 6.10. The summed E-state index contributed by atoms with van der Waals surface area (Å²) in [5, 5.41) is 0. The lowest BCUT2D eigenvalue weighted by molar-refractivity contribution is -0.138. The van der Waals surface area contributed by atoms with Crippen molar-refractivity contribution in [2.24, 2.45) is 0 Å². The Labute approximate surface area is 158 Å². The minimum atomic E-state index is -4.23. The highest BCUT2D eigenvalue weighted by Gasteiger charge is 2.30. The Morgan fingerprint density at radius 3 is 2.15 bits per heavy atom. The maximum Gasteiger partial charge on any atom is 0.326 e. The number of aryl methyl sites for hydroxylation is 3. The quantitative estimate of drug-likeness (QED) is 0.703. The second kappa shape index (κ2) is 7.96. The first-order chi connectivity index (χ1) is 12.6. The van der Waals surface area contributed by atoms with Crippen LogP contribution in [-0.4, -0.2) is 35.2 Å². The molecule has 0 saturated carbocycles. The molecule has 6 nitrogen and oxygen atoms in total. The molecule has 0 aliphatic heterocycles. The first kappa shape index (κ1) is 20.7. The third-order valence-corrected chi connectivity index (χ3v) is 5.84. The number of sulfonamides is 1. The summed E-state index contributed by atoms with van der Waals surface area (Å²) in [6, 6.07) is 6.97. The standard InChI is InChI=1S/C19H22FNO5S/c1-12-8-13(2)19(14(3)9-12)21(11-18(22)26-5)27(23,24)15-6-7-17(25-4)16(20)10-15/h6-10H,11H2,1-5H3. The van der Waals surface area contributed by atoms with Gasteiger partial charge in [0.05, 0.1) is 24.8 Å². The highest BCUT2D eigenvalue weighted by Crippen LogP contribution is 2.32. The number of halogens is 1. The van der Waals surface area contributed by atoms with Crippen molar-refractivity contribution in [3.8, 4) is 5.75 Å². The molecule has 0 atom stereocenters. The highest BCUT2D eigenvalue weighted by atomic mass is 32.2. The van der Waals surface area contributed by atoms with Crippen LogP contribution in [0.2, 0.25) is 0 Å². The molecule has 0 aliphatic rings. The number of carbonyl (C=O) groups is 1. The summed E-state index contributed by atoms with van der Waals surface area (Å²) in [4.78, 5) is 11.6. The van der Waals surface area contributed by atoms with Crippen LogP contribution in [0.1, 0.15) is 16.7 Å². The van der Waals surface area contributed by atoms with Crippen molar-refractivity contribution in [1.29, 1.82) is 0 Å². The van der Waals surface area contributed by atoms with Gasteiger partial charge in [0.2, 0.25) is 0 Å². The molecule has 0 saturated heterocycles. The minimum absolute atomic E-state index is 0.0730. The van der Waals surface area contributed by atoms with Crippen LogP contribution in [0.15, 0.2) is 35.2 Å². The number of hydrogen-bond donors (Lipinski definition) is 0. The Hall–Kier alpha value is -2.61. The first-order valence-corrected chi connectivity index (χ1v) is 9.56. The van der Waals surface area contributed by atoms with Crippen LogP contribution in [0.5, 0.6) is 5.75 Å². The number of esters is 1. The molecule has 2 aromatic carbocycles. The predicted octanol–water partition coefficient (Wildman–Crippen LogP) is 3.13. The number of benzene rings is 2. The molecule has 0 aromatic heterocycles. The van der Waals surface area contributed by atoms with Gasteiger partial charge in [0.15, 0.2) is 11.6 Å². The van der Waals surface area contributed by atoms with E-state index in [1.54, 1.807) is 13.8 Å². The SMILES string of the molecule is COC(=O)CN(c1c(C)cc(C)cc1C)S(=O)(=O)c1ccc(OC)c(F)c1. The van der Waals surface area contributed by atoms with E-state index in [1.165, 1.54) is 26.4 Å². The molecule has 0 radical (unpaired) electrons.